The Morgan fingerprint density at radius 2 is 1.93 bits per heavy atom. The number of esters is 1. The number of hydrogen-bond acceptors (Lipinski definition) is 2. The fourth-order valence-corrected chi connectivity index (χ4v) is 1.87. The topological polar surface area (TPSA) is 26.3 Å². The smallest absolute Gasteiger partial charge is 0.309 e. The van der Waals surface area contributed by atoms with E-state index in [2.05, 4.69) is 6.92 Å². The lowest BCUT2D eigenvalue weighted by atomic mass is 10.0. The lowest BCUT2D eigenvalue weighted by Gasteiger charge is -2.12. The molecule has 1 saturated carbocycles. The number of carbonyl (C=O) groups excluding carboxylic acids is 1. The number of hydrogen-bond donors (Lipinski definition) is 0. The first-order chi connectivity index (χ1) is 6.84. The molecule has 1 fully saturated rings. The van der Waals surface area contributed by atoms with Gasteiger partial charge in [-0.05, 0) is 19.3 Å². The van der Waals surface area contributed by atoms with Gasteiger partial charge in [0.2, 0.25) is 0 Å². The van der Waals surface area contributed by atoms with Gasteiger partial charge < -0.3 is 4.74 Å². The molecule has 14 heavy (non-hydrogen) atoms. The second-order valence-corrected chi connectivity index (χ2v) is 4.08. The SMILES string of the molecule is CCC[CH]OC(=O)C1CCCCCC1. The van der Waals surface area contributed by atoms with Gasteiger partial charge in [0.1, 0.15) is 6.61 Å². The summed E-state index contributed by atoms with van der Waals surface area (Å²) in [5, 5.41) is 0. The highest BCUT2D eigenvalue weighted by Gasteiger charge is 2.20. The van der Waals surface area contributed by atoms with Crippen molar-refractivity contribution in [2.75, 3.05) is 0 Å². The molecule has 0 aromatic heterocycles. The van der Waals surface area contributed by atoms with Crippen LogP contribution in [0.15, 0.2) is 0 Å². The van der Waals surface area contributed by atoms with E-state index in [0.29, 0.717) is 0 Å². The van der Waals surface area contributed by atoms with Crippen molar-refractivity contribution in [1.82, 2.24) is 0 Å². The molecule has 1 radical (unpaired) electrons. The minimum Gasteiger partial charge on any atom is -0.458 e. The summed E-state index contributed by atoms with van der Waals surface area (Å²) in [6, 6.07) is 0. The highest BCUT2D eigenvalue weighted by molar-refractivity contribution is 5.72. The Balaban J connectivity index is 2.20. The van der Waals surface area contributed by atoms with Crippen molar-refractivity contribution in [1.29, 1.82) is 0 Å². The molecule has 0 atom stereocenters. The summed E-state index contributed by atoms with van der Waals surface area (Å²) in [5.74, 6) is 0.172. The first-order valence-corrected chi connectivity index (χ1v) is 5.86. The zero-order valence-electron chi connectivity index (χ0n) is 9.13. The van der Waals surface area contributed by atoms with Crippen LogP contribution in [0.2, 0.25) is 0 Å². The monoisotopic (exact) mass is 197 g/mol. The largest absolute Gasteiger partial charge is 0.458 e. The molecule has 0 aromatic rings. The first-order valence-electron chi connectivity index (χ1n) is 5.86. The zero-order chi connectivity index (χ0) is 10.2. The molecule has 0 bridgehead atoms. The summed E-state index contributed by atoms with van der Waals surface area (Å²) in [6.45, 7) is 3.74. The molecule has 0 unspecified atom stereocenters. The molecule has 1 aliphatic carbocycles. The third kappa shape index (κ3) is 4.12. The lowest BCUT2D eigenvalue weighted by molar-refractivity contribution is -0.145. The van der Waals surface area contributed by atoms with Gasteiger partial charge in [0.25, 0.3) is 0 Å². The molecule has 2 heteroatoms. The van der Waals surface area contributed by atoms with Gasteiger partial charge in [-0.15, -0.1) is 0 Å². The van der Waals surface area contributed by atoms with Gasteiger partial charge in [0.15, 0.2) is 0 Å². The number of ether oxygens (including phenoxy) is 1. The third-order valence-corrected chi connectivity index (χ3v) is 2.79. The summed E-state index contributed by atoms with van der Waals surface area (Å²) in [7, 11) is 0. The van der Waals surface area contributed by atoms with Crippen molar-refractivity contribution in [3.63, 3.8) is 0 Å². The van der Waals surface area contributed by atoms with Gasteiger partial charge in [0, 0.05) is 0 Å². The van der Waals surface area contributed by atoms with Crippen LogP contribution in [-0.2, 0) is 9.53 Å². The van der Waals surface area contributed by atoms with Crippen LogP contribution in [-0.4, -0.2) is 5.97 Å². The van der Waals surface area contributed by atoms with E-state index < -0.39 is 0 Å². The van der Waals surface area contributed by atoms with Crippen LogP contribution >= 0.6 is 0 Å². The third-order valence-electron chi connectivity index (χ3n) is 2.79. The van der Waals surface area contributed by atoms with Crippen LogP contribution in [0.3, 0.4) is 0 Å². The Kier molecular flexibility index (Phi) is 5.65. The molecule has 81 valence electrons. The molecule has 0 N–H and O–H groups in total. The van der Waals surface area contributed by atoms with Gasteiger partial charge >= 0.3 is 5.97 Å². The average Bonchev–Trinajstić information content (AvgIpc) is 2.46. The Labute approximate surface area is 87.0 Å². The van der Waals surface area contributed by atoms with Gasteiger partial charge in [-0.2, -0.15) is 0 Å². The maximum Gasteiger partial charge on any atom is 0.309 e. The zero-order valence-corrected chi connectivity index (χ0v) is 9.13. The van der Waals surface area contributed by atoms with E-state index in [1.54, 1.807) is 6.61 Å². The summed E-state index contributed by atoms with van der Waals surface area (Å²) < 4.78 is 5.11. The second-order valence-electron chi connectivity index (χ2n) is 4.08. The Morgan fingerprint density at radius 3 is 2.50 bits per heavy atom. The highest BCUT2D eigenvalue weighted by Crippen LogP contribution is 2.24. The van der Waals surface area contributed by atoms with Crippen molar-refractivity contribution in [2.24, 2.45) is 5.92 Å². The van der Waals surface area contributed by atoms with Crippen molar-refractivity contribution in [3.05, 3.63) is 6.61 Å². The molecule has 1 aliphatic rings. The summed E-state index contributed by atoms with van der Waals surface area (Å²) in [6.07, 6.45) is 8.90. The summed E-state index contributed by atoms with van der Waals surface area (Å²) in [5.41, 5.74) is 0. The molecular formula is C12H21O2. The predicted octanol–water partition coefficient (Wildman–Crippen LogP) is 3.46. The molecule has 2 nitrogen and oxygen atoms in total. The van der Waals surface area contributed by atoms with E-state index >= 15 is 0 Å². The van der Waals surface area contributed by atoms with Crippen LogP contribution in [0, 0.1) is 12.5 Å². The van der Waals surface area contributed by atoms with Crippen molar-refractivity contribution < 1.29 is 9.53 Å². The molecule has 0 aromatic carbocycles. The summed E-state index contributed by atoms with van der Waals surface area (Å²) in [4.78, 5) is 11.6. The number of unbranched alkanes of at least 4 members (excludes halogenated alkanes) is 1. The van der Waals surface area contributed by atoms with Crippen LogP contribution in [0.4, 0.5) is 0 Å². The van der Waals surface area contributed by atoms with Crippen LogP contribution < -0.4 is 0 Å². The molecule has 0 aliphatic heterocycles. The standard InChI is InChI=1S/C12H21O2/c1-2-3-10-14-12(13)11-8-6-4-5-7-9-11/h10-11H,2-9H2,1H3. The van der Waals surface area contributed by atoms with E-state index in [9.17, 15) is 4.79 Å². The molecule has 0 amide bonds. The fraction of sp³-hybridized carbons (Fsp3) is 0.833. The molecular weight excluding hydrogens is 176 g/mol. The highest BCUT2D eigenvalue weighted by atomic mass is 16.5. The predicted molar refractivity (Wildman–Crippen MR) is 56.5 cm³/mol. The minimum atomic E-state index is 0.000324. The second kappa shape index (κ2) is 6.86. The number of carbonyl (C=O) groups is 1. The molecule has 0 spiro atoms. The maximum atomic E-state index is 11.6. The van der Waals surface area contributed by atoms with E-state index in [1.165, 1.54) is 25.7 Å². The van der Waals surface area contributed by atoms with Crippen molar-refractivity contribution in [2.45, 2.75) is 58.3 Å². The quantitative estimate of drug-likeness (QED) is 0.392. The van der Waals surface area contributed by atoms with Gasteiger partial charge in [0.05, 0.1) is 5.92 Å². The summed E-state index contributed by atoms with van der Waals surface area (Å²) >= 11 is 0. The van der Waals surface area contributed by atoms with Crippen molar-refractivity contribution >= 4 is 5.97 Å². The molecule has 0 saturated heterocycles. The van der Waals surface area contributed by atoms with Crippen LogP contribution in [0.1, 0.15) is 58.3 Å². The maximum absolute atomic E-state index is 11.6. The normalized spacial score (nSPS) is 18.9. The first kappa shape index (κ1) is 11.5. The molecule has 1 rings (SSSR count). The van der Waals surface area contributed by atoms with Gasteiger partial charge in [-0.25, -0.2) is 0 Å². The molecule has 0 heterocycles. The Bertz CT molecular complexity index is 158. The van der Waals surface area contributed by atoms with Crippen LogP contribution in [0.5, 0.6) is 0 Å². The van der Waals surface area contributed by atoms with Crippen LogP contribution in [0.25, 0.3) is 0 Å². The number of rotatable bonds is 4. The van der Waals surface area contributed by atoms with E-state index in [4.69, 9.17) is 4.74 Å². The lowest BCUT2D eigenvalue weighted by Crippen LogP contribution is -2.16. The van der Waals surface area contributed by atoms with E-state index in [0.717, 1.165) is 25.7 Å². The Hall–Kier alpha value is -0.530. The van der Waals surface area contributed by atoms with Gasteiger partial charge in [-0.3, -0.25) is 4.79 Å². The average molecular weight is 197 g/mol. The van der Waals surface area contributed by atoms with E-state index in [-0.39, 0.29) is 11.9 Å². The fourth-order valence-electron chi connectivity index (χ4n) is 1.87. The van der Waals surface area contributed by atoms with Gasteiger partial charge in [-0.1, -0.05) is 39.0 Å². The van der Waals surface area contributed by atoms with Crippen molar-refractivity contribution in [3.8, 4) is 0 Å². The minimum absolute atomic E-state index is 0.000324. The van der Waals surface area contributed by atoms with E-state index in [1.807, 2.05) is 0 Å². The Morgan fingerprint density at radius 1 is 1.29 bits per heavy atom.